The first kappa shape index (κ1) is 17.1. The van der Waals surface area contributed by atoms with Gasteiger partial charge in [-0.3, -0.25) is 10.1 Å². The molecule has 104 valence electrons. The first-order valence-corrected chi connectivity index (χ1v) is 5.71. The molecule has 18 heavy (non-hydrogen) atoms. The average Bonchev–Trinajstić information content (AvgIpc) is 2.63. The molecule has 1 atom stereocenters. The van der Waals surface area contributed by atoms with E-state index in [4.69, 9.17) is 5.73 Å². The molecular formula is C9H15ClF2N4OS. The highest BCUT2D eigenvalue weighted by Gasteiger charge is 2.28. The predicted molar refractivity (Wildman–Crippen MR) is 68.2 cm³/mol. The lowest BCUT2D eigenvalue weighted by atomic mass is 9.87. The largest absolute Gasteiger partial charge is 0.319 e. The van der Waals surface area contributed by atoms with Gasteiger partial charge >= 0.3 is 0 Å². The minimum Gasteiger partial charge on any atom is -0.319 e. The lowest BCUT2D eigenvalue weighted by Gasteiger charge is -2.25. The van der Waals surface area contributed by atoms with Crippen molar-refractivity contribution in [1.29, 1.82) is 0 Å². The topological polar surface area (TPSA) is 80.9 Å². The van der Waals surface area contributed by atoms with Gasteiger partial charge in [-0.15, -0.1) is 22.6 Å². The molecule has 0 saturated carbocycles. The number of rotatable bonds is 3. The summed E-state index contributed by atoms with van der Waals surface area (Å²) in [5.74, 6) is -0.463. The molecule has 5 nitrogen and oxygen atoms in total. The summed E-state index contributed by atoms with van der Waals surface area (Å²) in [6.45, 7) is 5.42. The summed E-state index contributed by atoms with van der Waals surface area (Å²) in [7, 11) is 0. The summed E-state index contributed by atoms with van der Waals surface area (Å²) in [6, 6.07) is -0.749. The smallest absolute Gasteiger partial charge is 0.291 e. The molecule has 0 fully saturated rings. The number of hydrogen-bond donors (Lipinski definition) is 2. The summed E-state index contributed by atoms with van der Waals surface area (Å²) in [4.78, 5) is 11.7. The van der Waals surface area contributed by atoms with Crippen LogP contribution in [0.5, 0.6) is 0 Å². The van der Waals surface area contributed by atoms with Crippen molar-refractivity contribution in [2.75, 3.05) is 5.32 Å². The number of anilines is 1. The van der Waals surface area contributed by atoms with Gasteiger partial charge < -0.3 is 5.73 Å². The van der Waals surface area contributed by atoms with Gasteiger partial charge in [0.2, 0.25) is 11.0 Å². The second-order valence-electron chi connectivity index (χ2n) is 4.58. The lowest BCUT2D eigenvalue weighted by molar-refractivity contribution is -0.119. The van der Waals surface area contributed by atoms with Crippen LogP contribution < -0.4 is 11.1 Å². The number of nitrogens with zero attached hydrogens (tertiary/aromatic N) is 2. The number of aromatic nitrogens is 2. The highest BCUT2D eigenvalue weighted by molar-refractivity contribution is 7.15. The van der Waals surface area contributed by atoms with Crippen LogP contribution in [-0.4, -0.2) is 22.1 Å². The number of nitrogens with one attached hydrogen (secondary N) is 1. The molecule has 0 unspecified atom stereocenters. The van der Waals surface area contributed by atoms with Crippen molar-refractivity contribution < 1.29 is 13.6 Å². The molecule has 1 rings (SSSR count). The van der Waals surface area contributed by atoms with Gasteiger partial charge in [-0.25, -0.2) is 8.78 Å². The number of carbonyl (C=O) groups excluding carboxylic acids is 1. The van der Waals surface area contributed by atoms with Gasteiger partial charge in [0.15, 0.2) is 5.01 Å². The zero-order valence-corrected chi connectivity index (χ0v) is 11.7. The Kier molecular flexibility index (Phi) is 6.05. The minimum atomic E-state index is -2.69. The summed E-state index contributed by atoms with van der Waals surface area (Å²) < 4.78 is 24.5. The Morgan fingerprint density at radius 1 is 1.39 bits per heavy atom. The first-order chi connectivity index (χ1) is 7.71. The van der Waals surface area contributed by atoms with Crippen LogP contribution in [0, 0.1) is 5.41 Å². The van der Waals surface area contributed by atoms with Crippen molar-refractivity contribution in [3.8, 4) is 0 Å². The Morgan fingerprint density at radius 3 is 2.33 bits per heavy atom. The van der Waals surface area contributed by atoms with Gasteiger partial charge in [0, 0.05) is 0 Å². The fourth-order valence-electron chi connectivity index (χ4n) is 0.950. The summed E-state index contributed by atoms with van der Waals surface area (Å²) in [5, 5.41) is 8.67. The van der Waals surface area contributed by atoms with Crippen LogP contribution in [0.25, 0.3) is 0 Å². The number of nitrogens with two attached hydrogens (primary N) is 1. The lowest BCUT2D eigenvalue weighted by Crippen LogP contribution is -2.45. The van der Waals surface area contributed by atoms with Crippen molar-refractivity contribution in [2.45, 2.75) is 33.2 Å². The average molecular weight is 301 g/mol. The number of amides is 1. The third kappa shape index (κ3) is 4.43. The van der Waals surface area contributed by atoms with E-state index in [0.29, 0.717) is 11.3 Å². The fraction of sp³-hybridized carbons (Fsp3) is 0.667. The number of alkyl halides is 2. The van der Waals surface area contributed by atoms with Crippen molar-refractivity contribution >= 4 is 34.8 Å². The summed E-state index contributed by atoms with van der Waals surface area (Å²) in [6.07, 6.45) is -2.69. The van der Waals surface area contributed by atoms with E-state index in [0.717, 1.165) is 0 Å². The first-order valence-electron chi connectivity index (χ1n) is 4.90. The van der Waals surface area contributed by atoms with Crippen LogP contribution in [0.15, 0.2) is 0 Å². The molecule has 3 N–H and O–H groups in total. The van der Waals surface area contributed by atoms with E-state index in [1.54, 1.807) is 0 Å². The number of carbonyl (C=O) groups is 1. The summed E-state index contributed by atoms with van der Waals surface area (Å²) >= 11 is 0.638. The van der Waals surface area contributed by atoms with Crippen molar-refractivity contribution in [3.63, 3.8) is 0 Å². The second kappa shape index (κ2) is 6.35. The van der Waals surface area contributed by atoms with Gasteiger partial charge in [-0.2, -0.15) is 0 Å². The maximum Gasteiger partial charge on any atom is 0.291 e. The molecule has 1 amide bonds. The monoisotopic (exact) mass is 300 g/mol. The Balaban J connectivity index is 0.00000289. The second-order valence-corrected chi connectivity index (χ2v) is 5.59. The van der Waals surface area contributed by atoms with Gasteiger partial charge in [0.05, 0.1) is 6.04 Å². The van der Waals surface area contributed by atoms with Crippen molar-refractivity contribution in [2.24, 2.45) is 11.1 Å². The highest BCUT2D eigenvalue weighted by Crippen LogP contribution is 2.26. The number of halogens is 3. The Bertz CT molecular complexity index is 408. The molecule has 0 aliphatic heterocycles. The quantitative estimate of drug-likeness (QED) is 0.897. The Morgan fingerprint density at radius 2 is 1.94 bits per heavy atom. The van der Waals surface area contributed by atoms with E-state index < -0.39 is 28.8 Å². The van der Waals surface area contributed by atoms with E-state index in [-0.39, 0.29) is 17.5 Å². The molecular weight excluding hydrogens is 286 g/mol. The molecule has 9 heteroatoms. The SMILES string of the molecule is CC(C)(C)[C@H](N)C(=O)Nc1nnc(C(F)F)s1.Cl. The van der Waals surface area contributed by atoms with Gasteiger partial charge in [-0.05, 0) is 5.41 Å². The van der Waals surface area contributed by atoms with E-state index >= 15 is 0 Å². The van der Waals surface area contributed by atoms with E-state index in [1.807, 2.05) is 20.8 Å². The van der Waals surface area contributed by atoms with E-state index in [2.05, 4.69) is 15.5 Å². The standard InChI is InChI=1S/C9H14F2N4OS.ClH/c1-9(2,3)4(12)6(16)13-8-15-14-7(17-8)5(10)11;/h4-5H,12H2,1-3H3,(H,13,15,16);1H/t4-;/m1./s1. The molecule has 0 radical (unpaired) electrons. The maximum absolute atomic E-state index is 12.2. The van der Waals surface area contributed by atoms with Crippen molar-refractivity contribution in [3.05, 3.63) is 5.01 Å². The molecule has 0 spiro atoms. The third-order valence-corrected chi connectivity index (χ3v) is 2.92. The fourth-order valence-corrected chi connectivity index (χ4v) is 1.55. The zero-order valence-electron chi connectivity index (χ0n) is 10.1. The van der Waals surface area contributed by atoms with Gasteiger partial charge in [0.1, 0.15) is 0 Å². The molecule has 1 heterocycles. The third-order valence-electron chi connectivity index (χ3n) is 2.07. The maximum atomic E-state index is 12.2. The molecule has 0 aromatic carbocycles. The van der Waals surface area contributed by atoms with Crippen LogP contribution in [0.3, 0.4) is 0 Å². The van der Waals surface area contributed by atoms with Crippen LogP contribution in [0.4, 0.5) is 13.9 Å². The predicted octanol–water partition coefficient (Wildman–Crippen LogP) is 2.21. The molecule has 0 aliphatic carbocycles. The van der Waals surface area contributed by atoms with Crippen LogP contribution >= 0.6 is 23.7 Å². The van der Waals surface area contributed by atoms with Crippen LogP contribution in [-0.2, 0) is 4.79 Å². The highest BCUT2D eigenvalue weighted by atomic mass is 35.5. The van der Waals surface area contributed by atoms with E-state index in [9.17, 15) is 13.6 Å². The molecule has 1 aromatic rings. The van der Waals surface area contributed by atoms with Crippen LogP contribution in [0.1, 0.15) is 32.2 Å². The molecule has 0 bridgehead atoms. The van der Waals surface area contributed by atoms with Gasteiger partial charge in [0.25, 0.3) is 6.43 Å². The minimum absolute atomic E-state index is 0. The molecule has 0 saturated heterocycles. The number of hydrogen-bond acceptors (Lipinski definition) is 5. The van der Waals surface area contributed by atoms with Gasteiger partial charge in [-0.1, -0.05) is 32.1 Å². The normalized spacial score (nSPS) is 13.1. The van der Waals surface area contributed by atoms with Crippen molar-refractivity contribution in [1.82, 2.24) is 10.2 Å². The summed E-state index contributed by atoms with van der Waals surface area (Å²) in [5.41, 5.74) is 5.29. The molecule has 0 aliphatic rings. The van der Waals surface area contributed by atoms with Crippen LogP contribution in [0.2, 0.25) is 0 Å². The zero-order chi connectivity index (χ0) is 13.2. The molecule has 1 aromatic heterocycles. The Hall–Kier alpha value is -0.860. The Labute approximate surface area is 114 Å². The van der Waals surface area contributed by atoms with E-state index in [1.165, 1.54) is 0 Å².